The molecule has 0 radical (unpaired) electrons. The molecule has 0 saturated heterocycles. The predicted molar refractivity (Wildman–Crippen MR) is 128 cm³/mol. The third kappa shape index (κ3) is 4.33. The largest absolute Gasteiger partial charge is 0.383 e. The summed E-state index contributed by atoms with van der Waals surface area (Å²) in [5, 5.41) is 8.93. The van der Waals surface area contributed by atoms with Crippen molar-refractivity contribution in [3.8, 4) is 16.9 Å². The second kappa shape index (κ2) is 8.84. The summed E-state index contributed by atoms with van der Waals surface area (Å²) in [6.45, 7) is 0.581. The minimum atomic E-state index is -0.385. The van der Waals surface area contributed by atoms with Gasteiger partial charge in [0.15, 0.2) is 5.65 Å². The number of aromatic nitrogens is 5. The van der Waals surface area contributed by atoms with Gasteiger partial charge in [-0.05, 0) is 42.5 Å². The highest BCUT2D eigenvalue weighted by atomic mass is 35.5. The molecule has 0 bridgehead atoms. The van der Waals surface area contributed by atoms with Gasteiger partial charge in [0.05, 0.1) is 16.8 Å². The fourth-order valence-corrected chi connectivity index (χ4v) is 3.78. The van der Waals surface area contributed by atoms with Crippen molar-refractivity contribution in [2.45, 2.75) is 6.42 Å². The number of nitrogens with two attached hydrogens (primary N) is 1. The molecular weight excluding hydrogens is 441 g/mol. The maximum Gasteiger partial charge on any atom is 0.225 e. The fraction of sp³-hybridized carbons (Fsp3) is 0.0833. The minimum absolute atomic E-state index is 0.311. The van der Waals surface area contributed by atoms with E-state index in [-0.39, 0.29) is 5.82 Å². The number of benzene rings is 2. The van der Waals surface area contributed by atoms with Gasteiger partial charge in [-0.25, -0.2) is 14.1 Å². The Bertz CT molecular complexity index is 1440. The van der Waals surface area contributed by atoms with Gasteiger partial charge in [0.25, 0.3) is 0 Å². The highest BCUT2D eigenvalue weighted by molar-refractivity contribution is 6.30. The average molecular weight is 460 g/mol. The van der Waals surface area contributed by atoms with E-state index >= 15 is 0 Å². The molecule has 9 heteroatoms. The number of halogens is 2. The average Bonchev–Trinajstić information content (AvgIpc) is 3.16. The standard InChI is InChI=1S/C24H19ClFN7/c25-16-6-3-5-15(13-16)21-20-22(27)33(19-9-4-7-17(26)14-19)32-23(20)31-24(30-21)29-12-10-18-8-1-2-11-28-18/h1-9,11,13-14H,10,12,27H2,(H,29,31,32). The SMILES string of the molecule is Nc1c2c(-c3cccc(Cl)c3)nc(NCCc3ccccn3)nc2nn1-c1cccc(F)c1. The molecule has 3 heterocycles. The quantitative estimate of drug-likeness (QED) is 0.375. The first-order valence-corrected chi connectivity index (χ1v) is 10.7. The van der Waals surface area contributed by atoms with E-state index < -0.39 is 0 Å². The molecule has 33 heavy (non-hydrogen) atoms. The molecule has 7 nitrogen and oxygen atoms in total. The van der Waals surface area contributed by atoms with E-state index in [2.05, 4.69) is 20.4 Å². The van der Waals surface area contributed by atoms with Gasteiger partial charge in [0.1, 0.15) is 11.6 Å². The highest BCUT2D eigenvalue weighted by Crippen LogP contribution is 2.33. The first kappa shape index (κ1) is 20.8. The van der Waals surface area contributed by atoms with Crippen LogP contribution in [-0.4, -0.2) is 31.3 Å². The Morgan fingerprint density at radius 3 is 2.67 bits per heavy atom. The first-order valence-electron chi connectivity index (χ1n) is 10.3. The van der Waals surface area contributed by atoms with E-state index in [0.29, 0.717) is 52.2 Å². The lowest BCUT2D eigenvalue weighted by Gasteiger charge is -2.09. The fourth-order valence-electron chi connectivity index (χ4n) is 3.59. The summed E-state index contributed by atoms with van der Waals surface area (Å²) < 4.78 is 15.3. The molecule has 0 saturated carbocycles. The summed E-state index contributed by atoms with van der Waals surface area (Å²) in [5.74, 6) is 0.326. The van der Waals surface area contributed by atoms with Crippen LogP contribution in [0.25, 0.3) is 28.0 Å². The number of fused-ring (bicyclic) bond motifs is 1. The van der Waals surface area contributed by atoms with Crippen LogP contribution in [0, 0.1) is 5.82 Å². The number of anilines is 2. The molecule has 5 rings (SSSR count). The van der Waals surface area contributed by atoms with Crippen molar-refractivity contribution in [3.05, 3.63) is 89.5 Å². The second-order valence-electron chi connectivity index (χ2n) is 7.38. The van der Waals surface area contributed by atoms with Crippen molar-refractivity contribution in [2.24, 2.45) is 0 Å². The summed E-state index contributed by atoms with van der Waals surface area (Å²) in [5.41, 5.74) is 9.66. The Morgan fingerprint density at radius 1 is 1.00 bits per heavy atom. The zero-order valence-corrected chi connectivity index (χ0v) is 18.2. The van der Waals surface area contributed by atoms with Gasteiger partial charge in [-0.15, -0.1) is 5.10 Å². The van der Waals surface area contributed by atoms with Gasteiger partial charge >= 0.3 is 0 Å². The van der Waals surface area contributed by atoms with Crippen molar-refractivity contribution in [2.75, 3.05) is 17.6 Å². The Kier molecular flexibility index (Phi) is 5.58. The van der Waals surface area contributed by atoms with E-state index in [1.165, 1.54) is 16.8 Å². The lowest BCUT2D eigenvalue weighted by atomic mass is 10.1. The molecule has 164 valence electrons. The van der Waals surface area contributed by atoms with Gasteiger partial charge in [0, 0.05) is 35.4 Å². The van der Waals surface area contributed by atoms with Crippen LogP contribution in [0.1, 0.15) is 5.69 Å². The maximum atomic E-state index is 13.8. The Morgan fingerprint density at radius 2 is 1.88 bits per heavy atom. The van der Waals surface area contributed by atoms with E-state index in [4.69, 9.17) is 22.3 Å². The smallest absolute Gasteiger partial charge is 0.225 e. The topological polar surface area (TPSA) is 94.5 Å². The molecule has 0 amide bonds. The summed E-state index contributed by atoms with van der Waals surface area (Å²) >= 11 is 6.24. The van der Waals surface area contributed by atoms with Crippen LogP contribution in [0.3, 0.4) is 0 Å². The summed E-state index contributed by atoms with van der Waals surface area (Å²) in [7, 11) is 0. The lowest BCUT2D eigenvalue weighted by Crippen LogP contribution is -2.09. The van der Waals surface area contributed by atoms with E-state index in [1.54, 1.807) is 30.5 Å². The molecule has 0 spiro atoms. The minimum Gasteiger partial charge on any atom is -0.383 e. The summed E-state index contributed by atoms with van der Waals surface area (Å²) in [6, 6.07) is 19.2. The van der Waals surface area contributed by atoms with Crippen LogP contribution in [0.15, 0.2) is 72.9 Å². The molecule has 2 aromatic carbocycles. The predicted octanol–water partition coefficient (Wildman–Crippen LogP) is 4.91. The first-order chi connectivity index (χ1) is 16.1. The van der Waals surface area contributed by atoms with E-state index in [0.717, 1.165) is 11.3 Å². The third-order valence-corrected chi connectivity index (χ3v) is 5.35. The van der Waals surface area contributed by atoms with Gasteiger partial charge in [-0.1, -0.05) is 35.9 Å². The number of nitrogens with one attached hydrogen (secondary N) is 1. The van der Waals surface area contributed by atoms with Crippen LogP contribution in [0.5, 0.6) is 0 Å². The maximum absolute atomic E-state index is 13.8. The molecule has 0 unspecified atom stereocenters. The van der Waals surface area contributed by atoms with Crippen molar-refractivity contribution in [1.29, 1.82) is 0 Å². The highest BCUT2D eigenvalue weighted by Gasteiger charge is 2.19. The molecule has 0 atom stereocenters. The lowest BCUT2D eigenvalue weighted by molar-refractivity contribution is 0.625. The molecule has 0 aliphatic heterocycles. The summed E-state index contributed by atoms with van der Waals surface area (Å²) in [4.78, 5) is 13.6. The molecule has 0 fully saturated rings. The van der Waals surface area contributed by atoms with Crippen molar-refractivity contribution in [3.63, 3.8) is 0 Å². The number of pyridine rings is 1. The zero-order chi connectivity index (χ0) is 22.8. The van der Waals surface area contributed by atoms with Gasteiger partial charge in [0.2, 0.25) is 5.95 Å². The molecule has 0 aliphatic rings. The molecule has 3 N–H and O–H groups in total. The summed E-state index contributed by atoms with van der Waals surface area (Å²) in [6.07, 6.45) is 2.46. The Hall–Kier alpha value is -4.04. The molecule has 0 aliphatic carbocycles. The number of rotatable bonds is 6. The monoisotopic (exact) mass is 459 g/mol. The van der Waals surface area contributed by atoms with Crippen molar-refractivity contribution < 1.29 is 4.39 Å². The Labute approximate surface area is 194 Å². The normalized spacial score (nSPS) is 11.1. The van der Waals surface area contributed by atoms with Crippen LogP contribution >= 0.6 is 11.6 Å². The van der Waals surface area contributed by atoms with Crippen molar-refractivity contribution in [1.82, 2.24) is 24.7 Å². The zero-order valence-electron chi connectivity index (χ0n) is 17.4. The van der Waals surface area contributed by atoms with Crippen molar-refractivity contribution >= 4 is 34.4 Å². The van der Waals surface area contributed by atoms with Crippen LogP contribution < -0.4 is 11.1 Å². The second-order valence-corrected chi connectivity index (χ2v) is 7.82. The van der Waals surface area contributed by atoms with Gasteiger partial charge < -0.3 is 11.1 Å². The molecule has 3 aromatic heterocycles. The number of nitrogens with zero attached hydrogens (tertiary/aromatic N) is 5. The number of hydrogen-bond donors (Lipinski definition) is 2. The molecular formula is C24H19ClFN7. The third-order valence-electron chi connectivity index (χ3n) is 5.11. The number of nitrogen functional groups attached to an aromatic ring is 1. The van der Waals surface area contributed by atoms with Gasteiger partial charge in [-0.2, -0.15) is 4.98 Å². The van der Waals surface area contributed by atoms with Gasteiger partial charge in [-0.3, -0.25) is 4.98 Å². The Balaban J connectivity index is 1.59. The van der Waals surface area contributed by atoms with Crippen LogP contribution in [0.4, 0.5) is 16.2 Å². The number of hydrogen-bond acceptors (Lipinski definition) is 6. The van der Waals surface area contributed by atoms with E-state index in [9.17, 15) is 4.39 Å². The van der Waals surface area contributed by atoms with Crippen LogP contribution in [-0.2, 0) is 6.42 Å². The van der Waals surface area contributed by atoms with Crippen LogP contribution in [0.2, 0.25) is 5.02 Å². The molecule has 5 aromatic rings. The van der Waals surface area contributed by atoms with E-state index in [1.807, 2.05) is 30.3 Å².